The van der Waals surface area contributed by atoms with E-state index in [1.165, 1.54) is 6.39 Å². The third-order valence-electron chi connectivity index (χ3n) is 2.35. The summed E-state index contributed by atoms with van der Waals surface area (Å²) in [5, 5.41) is 0. The van der Waals surface area contributed by atoms with Gasteiger partial charge in [0.2, 0.25) is 0 Å². The lowest BCUT2D eigenvalue weighted by molar-refractivity contribution is 0.567. The van der Waals surface area contributed by atoms with Gasteiger partial charge in [0.25, 0.3) is 0 Å². The predicted octanol–water partition coefficient (Wildman–Crippen LogP) is 2.53. The van der Waals surface area contributed by atoms with E-state index in [1.807, 2.05) is 31.2 Å². The molecule has 0 saturated carbocycles. The molecule has 0 bridgehead atoms. The number of hydrogen-bond acceptors (Lipinski definition) is 3. The number of oxazole rings is 1. The van der Waals surface area contributed by atoms with Crippen molar-refractivity contribution in [3.63, 3.8) is 0 Å². The molecule has 0 radical (unpaired) electrons. The highest BCUT2D eigenvalue weighted by atomic mass is 16.3. The molecule has 0 atom stereocenters. The lowest BCUT2D eigenvalue weighted by atomic mass is 10.3. The summed E-state index contributed by atoms with van der Waals surface area (Å²) in [6.07, 6.45) is 1.43. The van der Waals surface area contributed by atoms with E-state index in [-0.39, 0.29) is 0 Å². The molecular weight excluding hydrogens is 190 g/mol. The molecular formula is C11H9N3O. The number of para-hydroxylation sites is 2. The van der Waals surface area contributed by atoms with Crippen molar-refractivity contribution >= 4 is 11.0 Å². The van der Waals surface area contributed by atoms with Gasteiger partial charge < -0.3 is 9.40 Å². The van der Waals surface area contributed by atoms with Crippen LogP contribution in [0.4, 0.5) is 0 Å². The Kier molecular flexibility index (Phi) is 1.62. The smallest absolute Gasteiger partial charge is 0.192 e. The van der Waals surface area contributed by atoms with Crippen molar-refractivity contribution in [2.24, 2.45) is 0 Å². The van der Waals surface area contributed by atoms with E-state index in [2.05, 4.69) is 15.0 Å². The van der Waals surface area contributed by atoms with Crippen LogP contribution in [0.2, 0.25) is 0 Å². The van der Waals surface area contributed by atoms with E-state index in [9.17, 15) is 0 Å². The van der Waals surface area contributed by atoms with Crippen LogP contribution in [0, 0.1) is 6.92 Å². The average Bonchev–Trinajstić information content (AvgIpc) is 2.82. The fourth-order valence-corrected chi connectivity index (χ4v) is 1.59. The molecule has 0 saturated heterocycles. The highest BCUT2D eigenvalue weighted by molar-refractivity contribution is 5.78. The molecule has 0 aliphatic carbocycles. The van der Waals surface area contributed by atoms with Crippen LogP contribution in [-0.2, 0) is 0 Å². The minimum atomic E-state index is 0.700. The van der Waals surface area contributed by atoms with Gasteiger partial charge in [-0.2, -0.15) is 0 Å². The topological polar surface area (TPSA) is 54.7 Å². The molecule has 1 N–H and O–H groups in total. The van der Waals surface area contributed by atoms with Crippen molar-refractivity contribution in [1.29, 1.82) is 0 Å². The number of nitrogens with one attached hydrogen (secondary N) is 1. The van der Waals surface area contributed by atoms with Crippen LogP contribution in [0.15, 0.2) is 35.1 Å². The number of rotatable bonds is 1. The van der Waals surface area contributed by atoms with Crippen LogP contribution in [0.3, 0.4) is 0 Å². The summed E-state index contributed by atoms with van der Waals surface area (Å²) >= 11 is 0. The number of imidazole rings is 1. The first-order chi connectivity index (χ1) is 7.34. The van der Waals surface area contributed by atoms with Crippen molar-refractivity contribution < 1.29 is 4.42 Å². The van der Waals surface area contributed by atoms with Gasteiger partial charge in [0.05, 0.1) is 16.7 Å². The molecule has 0 amide bonds. The van der Waals surface area contributed by atoms with Gasteiger partial charge in [-0.05, 0) is 19.1 Å². The molecule has 0 spiro atoms. The molecule has 15 heavy (non-hydrogen) atoms. The Morgan fingerprint density at radius 3 is 2.87 bits per heavy atom. The Morgan fingerprint density at radius 2 is 2.13 bits per heavy atom. The zero-order chi connectivity index (χ0) is 10.3. The molecule has 74 valence electrons. The van der Waals surface area contributed by atoms with Crippen molar-refractivity contribution in [3.8, 4) is 11.6 Å². The van der Waals surface area contributed by atoms with Crippen molar-refractivity contribution in [1.82, 2.24) is 15.0 Å². The minimum absolute atomic E-state index is 0.700. The third-order valence-corrected chi connectivity index (χ3v) is 2.35. The third kappa shape index (κ3) is 1.22. The van der Waals surface area contributed by atoms with Gasteiger partial charge >= 0.3 is 0 Å². The summed E-state index contributed by atoms with van der Waals surface area (Å²) in [4.78, 5) is 11.7. The number of aryl methyl sites for hydroxylation is 1. The van der Waals surface area contributed by atoms with Crippen LogP contribution >= 0.6 is 0 Å². The van der Waals surface area contributed by atoms with Crippen molar-refractivity contribution in [2.75, 3.05) is 0 Å². The molecule has 0 aliphatic rings. The molecule has 2 heterocycles. The number of H-pyrrole nitrogens is 1. The second-order valence-electron chi connectivity index (χ2n) is 3.37. The van der Waals surface area contributed by atoms with E-state index in [0.717, 1.165) is 22.6 Å². The summed E-state index contributed by atoms with van der Waals surface area (Å²) in [6.45, 7) is 1.89. The first-order valence-electron chi connectivity index (χ1n) is 4.70. The molecule has 3 aromatic rings. The van der Waals surface area contributed by atoms with Gasteiger partial charge in [0.1, 0.15) is 0 Å². The van der Waals surface area contributed by atoms with E-state index < -0.39 is 0 Å². The fourth-order valence-electron chi connectivity index (χ4n) is 1.59. The van der Waals surface area contributed by atoms with E-state index >= 15 is 0 Å². The van der Waals surface area contributed by atoms with Crippen LogP contribution in [0.5, 0.6) is 0 Å². The quantitative estimate of drug-likeness (QED) is 0.655. The monoisotopic (exact) mass is 199 g/mol. The predicted molar refractivity (Wildman–Crippen MR) is 56.3 cm³/mol. The molecule has 4 heteroatoms. The number of hydrogen-bond donors (Lipinski definition) is 1. The van der Waals surface area contributed by atoms with Crippen LogP contribution in [-0.4, -0.2) is 15.0 Å². The van der Waals surface area contributed by atoms with Gasteiger partial charge in [-0.15, -0.1) is 0 Å². The standard InChI is InChI=1S/C11H9N3O/c1-7-10(15-6-12-7)11-13-8-4-2-3-5-9(8)14-11/h2-6H,1H3,(H,13,14). The Morgan fingerprint density at radius 1 is 1.27 bits per heavy atom. The maximum Gasteiger partial charge on any atom is 0.192 e. The van der Waals surface area contributed by atoms with E-state index in [0.29, 0.717) is 5.76 Å². The van der Waals surface area contributed by atoms with Crippen LogP contribution < -0.4 is 0 Å². The lowest BCUT2D eigenvalue weighted by Crippen LogP contribution is -1.80. The Labute approximate surface area is 86.0 Å². The molecule has 0 fully saturated rings. The van der Waals surface area contributed by atoms with Gasteiger partial charge in [-0.3, -0.25) is 0 Å². The van der Waals surface area contributed by atoms with Gasteiger partial charge in [-0.25, -0.2) is 9.97 Å². The van der Waals surface area contributed by atoms with E-state index in [1.54, 1.807) is 0 Å². The maximum atomic E-state index is 5.28. The van der Waals surface area contributed by atoms with Crippen LogP contribution in [0.1, 0.15) is 5.69 Å². The molecule has 2 aromatic heterocycles. The molecule has 4 nitrogen and oxygen atoms in total. The number of aromatic amines is 1. The largest absolute Gasteiger partial charge is 0.440 e. The first-order valence-corrected chi connectivity index (χ1v) is 4.70. The number of aromatic nitrogens is 3. The summed E-state index contributed by atoms with van der Waals surface area (Å²) in [6, 6.07) is 7.87. The molecule has 1 aromatic carbocycles. The van der Waals surface area contributed by atoms with Crippen molar-refractivity contribution in [3.05, 3.63) is 36.4 Å². The summed E-state index contributed by atoms with van der Waals surface area (Å²) in [5.41, 5.74) is 2.78. The molecule has 0 unspecified atom stereocenters. The normalized spacial score (nSPS) is 11.0. The highest BCUT2D eigenvalue weighted by Crippen LogP contribution is 2.22. The summed E-state index contributed by atoms with van der Waals surface area (Å²) < 4.78 is 5.28. The molecule has 0 aliphatic heterocycles. The number of nitrogens with zero attached hydrogens (tertiary/aromatic N) is 2. The minimum Gasteiger partial charge on any atom is -0.440 e. The summed E-state index contributed by atoms with van der Waals surface area (Å²) in [7, 11) is 0. The van der Waals surface area contributed by atoms with Gasteiger partial charge in [-0.1, -0.05) is 12.1 Å². The average molecular weight is 199 g/mol. The first kappa shape index (κ1) is 8.23. The zero-order valence-electron chi connectivity index (χ0n) is 8.19. The Balaban J connectivity index is 2.24. The Hall–Kier alpha value is -2.10. The second kappa shape index (κ2) is 2.95. The lowest BCUT2D eigenvalue weighted by Gasteiger charge is -1.88. The fraction of sp³-hybridized carbons (Fsp3) is 0.0909. The number of fused-ring (bicyclic) bond motifs is 1. The number of benzene rings is 1. The van der Waals surface area contributed by atoms with E-state index in [4.69, 9.17) is 4.42 Å². The van der Waals surface area contributed by atoms with Crippen molar-refractivity contribution in [2.45, 2.75) is 6.92 Å². The second-order valence-corrected chi connectivity index (χ2v) is 3.37. The van der Waals surface area contributed by atoms with Gasteiger partial charge in [0.15, 0.2) is 18.0 Å². The van der Waals surface area contributed by atoms with Gasteiger partial charge in [0, 0.05) is 0 Å². The SMILES string of the molecule is Cc1ncoc1-c1nc2ccccc2[nH]1. The Bertz CT molecular complexity index is 576. The maximum absolute atomic E-state index is 5.28. The highest BCUT2D eigenvalue weighted by Gasteiger charge is 2.10. The zero-order valence-corrected chi connectivity index (χ0v) is 8.19. The molecule has 3 rings (SSSR count). The summed E-state index contributed by atoms with van der Waals surface area (Å²) in [5.74, 6) is 1.43. The van der Waals surface area contributed by atoms with Crippen LogP contribution in [0.25, 0.3) is 22.6 Å².